The van der Waals surface area contributed by atoms with Gasteiger partial charge in [-0.05, 0) is 69.0 Å². The fourth-order valence-corrected chi connectivity index (χ4v) is 6.13. The minimum absolute atomic E-state index is 0.219. The van der Waals surface area contributed by atoms with Crippen LogP contribution in [0, 0.1) is 3.77 Å². The van der Waals surface area contributed by atoms with E-state index in [1.165, 1.54) is 11.3 Å². The van der Waals surface area contributed by atoms with Crippen LogP contribution in [0.15, 0.2) is 58.7 Å². The maximum atomic E-state index is 13.7. The normalized spacial score (nSPS) is 15.7. The van der Waals surface area contributed by atoms with Crippen LogP contribution in [0.1, 0.15) is 44.1 Å². The number of ether oxygens (including phenoxy) is 2. The summed E-state index contributed by atoms with van der Waals surface area (Å²) in [5.74, 6) is 0.721. The summed E-state index contributed by atoms with van der Waals surface area (Å²) in [6.45, 7) is 4.00. The number of fused-ring (bicyclic) bond motifs is 1. The third kappa shape index (κ3) is 5.23. The highest BCUT2D eigenvalue weighted by Gasteiger charge is 2.34. The van der Waals surface area contributed by atoms with E-state index < -0.39 is 12.0 Å². The van der Waals surface area contributed by atoms with E-state index in [4.69, 9.17) is 18.9 Å². The van der Waals surface area contributed by atoms with Crippen LogP contribution in [0.2, 0.25) is 0 Å². The second-order valence-electron chi connectivity index (χ2n) is 7.58. The van der Waals surface area contributed by atoms with Crippen molar-refractivity contribution in [1.29, 1.82) is 0 Å². The molecule has 0 saturated heterocycles. The lowest BCUT2D eigenvalue weighted by atomic mass is 9.94. The van der Waals surface area contributed by atoms with Gasteiger partial charge in [0.1, 0.15) is 11.5 Å². The Morgan fingerprint density at radius 1 is 1.29 bits per heavy atom. The van der Waals surface area contributed by atoms with E-state index in [0.717, 1.165) is 16.5 Å². The van der Waals surface area contributed by atoms with Crippen molar-refractivity contribution in [3.8, 4) is 5.75 Å². The SMILES string of the molecule is CCCC1=C(C(=O)OCC)[C@@H](c2ccc(OC)c(Br)c2)n2c(s/c(=C/c3cc(Br)c(I)o3)c2=O)=N1. The smallest absolute Gasteiger partial charge is 0.338 e. The number of hydrogen-bond donors (Lipinski definition) is 0. The van der Waals surface area contributed by atoms with Crippen molar-refractivity contribution in [3.05, 3.63) is 79.3 Å². The van der Waals surface area contributed by atoms with Crippen LogP contribution in [0.3, 0.4) is 0 Å². The summed E-state index contributed by atoms with van der Waals surface area (Å²) in [6.07, 6.45) is 3.07. The number of halogens is 3. The number of aromatic nitrogens is 1. The predicted octanol–water partition coefficient (Wildman–Crippen LogP) is 5.31. The van der Waals surface area contributed by atoms with Crippen molar-refractivity contribution in [1.82, 2.24) is 4.57 Å². The zero-order valence-corrected chi connectivity index (χ0v) is 25.2. The molecule has 1 aromatic carbocycles. The number of nitrogens with zero attached hydrogens (tertiary/aromatic N) is 2. The van der Waals surface area contributed by atoms with Crippen LogP contribution in [-0.4, -0.2) is 24.3 Å². The lowest BCUT2D eigenvalue weighted by Gasteiger charge is -2.26. The Labute approximate surface area is 235 Å². The molecule has 184 valence electrons. The Kier molecular flexibility index (Phi) is 8.39. The van der Waals surface area contributed by atoms with E-state index in [1.54, 1.807) is 30.7 Å². The molecule has 4 rings (SSSR count). The number of benzene rings is 1. The molecule has 0 spiro atoms. The molecular weight excluding hydrogens is 715 g/mol. The van der Waals surface area contributed by atoms with Gasteiger partial charge in [-0.1, -0.05) is 30.7 Å². The second kappa shape index (κ2) is 11.1. The third-order valence-electron chi connectivity index (χ3n) is 5.32. The van der Waals surface area contributed by atoms with Crippen LogP contribution in [0.25, 0.3) is 6.08 Å². The number of carbonyl (C=O) groups excluding carboxylic acids is 1. The molecule has 0 radical (unpaired) electrons. The number of allylic oxidation sites excluding steroid dienone is 1. The number of hydrogen-bond acceptors (Lipinski definition) is 7. The first-order valence-electron chi connectivity index (χ1n) is 10.8. The minimum atomic E-state index is -0.695. The summed E-state index contributed by atoms with van der Waals surface area (Å²) >= 11 is 10.3. The third-order valence-corrected chi connectivity index (χ3v) is 9.06. The van der Waals surface area contributed by atoms with Gasteiger partial charge >= 0.3 is 5.97 Å². The lowest BCUT2D eigenvalue weighted by molar-refractivity contribution is -0.139. The van der Waals surface area contributed by atoms with Crippen molar-refractivity contribution in [3.63, 3.8) is 0 Å². The van der Waals surface area contributed by atoms with E-state index in [2.05, 4.69) is 54.5 Å². The quantitative estimate of drug-likeness (QED) is 0.243. The van der Waals surface area contributed by atoms with Gasteiger partial charge in [0.05, 0.1) is 44.5 Å². The minimum Gasteiger partial charge on any atom is -0.496 e. The summed E-state index contributed by atoms with van der Waals surface area (Å²) in [5, 5.41) is 0. The summed E-state index contributed by atoms with van der Waals surface area (Å²) in [5.41, 5.74) is 1.49. The maximum absolute atomic E-state index is 13.7. The number of esters is 1. The molecular formula is C24H21Br2IN2O5S. The molecule has 1 aliphatic heterocycles. The molecule has 3 aromatic rings. The summed E-state index contributed by atoms with van der Waals surface area (Å²) in [7, 11) is 1.58. The fraction of sp³-hybridized carbons (Fsp3) is 0.292. The molecule has 1 aliphatic rings. The number of furan rings is 1. The highest BCUT2D eigenvalue weighted by atomic mass is 127. The van der Waals surface area contributed by atoms with Gasteiger partial charge < -0.3 is 13.9 Å². The number of methoxy groups -OCH3 is 1. The molecule has 11 heteroatoms. The molecule has 7 nitrogen and oxygen atoms in total. The molecule has 0 bridgehead atoms. The molecule has 0 fully saturated rings. The van der Waals surface area contributed by atoms with Crippen molar-refractivity contribution in [2.75, 3.05) is 13.7 Å². The number of rotatable bonds is 7. The highest BCUT2D eigenvalue weighted by Crippen LogP contribution is 2.36. The summed E-state index contributed by atoms with van der Waals surface area (Å²) in [6, 6.07) is 6.64. The first kappa shape index (κ1) is 26.4. The highest BCUT2D eigenvalue weighted by molar-refractivity contribution is 14.1. The van der Waals surface area contributed by atoms with Crippen LogP contribution in [0.5, 0.6) is 5.75 Å². The molecule has 3 heterocycles. The molecule has 35 heavy (non-hydrogen) atoms. The van der Waals surface area contributed by atoms with Crippen molar-refractivity contribution >= 4 is 77.8 Å². The topological polar surface area (TPSA) is 83.0 Å². The molecule has 0 unspecified atom stereocenters. The largest absolute Gasteiger partial charge is 0.496 e. The Hall–Kier alpha value is -1.70. The first-order chi connectivity index (χ1) is 16.8. The molecule has 0 aliphatic carbocycles. The number of carbonyl (C=O) groups is 1. The van der Waals surface area contributed by atoms with Crippen molar-refractivity contribution in [2.24, 2.45) is 4.99 Å². The van der Waals surface area contributed by atoms with Gasteiger partial charge in [-0.15, -0.1) is 0 Å². The second-order valence-corrected chi connectivity index (χ2v) is 11.3. The van der Waals surface area contributed by atoms with E-state index in [0.29, 0.717) is 46.8 Å². The number of thiazole rings is 1. The monoisotopic (exact) mass is 734 g/mol. The lowest BCUT2D eigenvalue weighted by Crippen LogP contribution is -2.40. The molecule has 0 N–H and O–H groups in total. The average Bonchev–Trinajstić information content (AvgIpc) is 3.30. The van der Waals surface area contributed by atoms with E-state index in [9.17, 15) is 9.59 Å². The van der Waals surface area contributed by atoms with Gasteiger partial charge in [0.2, 0.25) is 0 Å². The van der Waals surface area contributed by atoms with Gasteiger partial charge in [0.25, 0.3) is 5.56 Å². The van der Waals surface area contributed by atoms with Crippen molar-refractivity contribution in [2.45, 2.75) is 32.7 Å². The van der Waals surface area contributed by atoms with Crippen LogP contribution >= 0.6 is 65.8 Å². The van der Waals surface area contributed by atoms with Gasteiger partial charge in [-0.25, -0.2) is 9.79 Å². The van der Waals surface area contributed by atoms with Gasteiger partial charge in [0, 0.05) is 28.7 Å². The van der Waals surface area contributed by atoms with E-state index >= 15 is 0 Å². The van der Waals surface area contributed by atoms with Crippen LogP contribution < -0.4 is 19.6 Å². The van der Waals surface area contributed by atoms with E-state index in [1.807, 2.05) is 25.1 Å². The summed E-state index contributed by atoms with van der Waals surface area (Å²) in [4.78, 5) is 32.2. The zero-order chi connectivity index (χ0) is 25.3. The van der Waals surface area contributed by atoms with Gasteiger partial charge in [-0.2, -0.15) is 0 Å². The van der Waals surface area contributed by atoms with Gasteiger partial charge in [-0.3, -0.25) is 9.36 Å². The van der Waals surface area contributed by atoms with E-state index in [-0.39, 0.29) is 12.2 Å². The van der Waals surface area contributed by atoms with Crippen molar-refractivity contribution < 1.29 is 18.7 Å². The van der Waals surface area contributed by atoms with Crippen LogP contribution in [-0.2, 0) is 9.53 Å². The molecule has 0 saturated carbocycles. The predicted molar refractivity (Wildman–Crippen MR) is 149 cm³/mol. The Balaban J connectivity index is 2.00. The first-order valence-corrected chi connectivity index (χ1v) is 14.3. The van der Waals surface area contributed by atoms with Crippen LogP contribution in [0.4, 0.5) is 0 Å². The Morgan fingerprint density at radius 2 is 2.06 bits per heavy atom. The molecule has 0 amide bonds. The molecule has 1 atom stereocenters. The zero-order valence-electron chi connectivity index (χ0n) is 19.1. The Morgan fingerprint density at radius 3 is 2.66 bits per heavy atom. The fourth-order valence-electron chi connectivity index (χ4n) is 3.85. The standard InChI is InChI=1S/C24H21Br2IN2O5S/c1-4-6-16-19(23(31)33-5-2)20(12-7-8-17(32-3)14(25)9-12)29-22(30)18(35-24(29)28-16)11-13-10-15(26)21(27)34-13/h7-11,20H,4-6H2,1-3H3/b18-11+/t20-/m1/s1. The Bertz CT molecular complexity index is 1490. The van der Waals surface area contributed by atoms with Gasteiger partial charge in [0.15, 0.2) is 8.57 Å². The molecule has 2 aromatic heterocycles. The summed E-state index contributed by atoms with van der Waals surface area (Å²) < 4.78 is 20.8. The average molecular weight is 736 g/mol. The maximum Gasteiger partial charge on any atom is 0.338 e.